The molecule has 0 aliphatic heterocycles. The average Bonchev–Trinajstić information content (AvgIpc) is 2.09. The monoisotopic (exact) mass is 198 g/mol. The van der Waals surface area contributed by atoms with E-state index in [1.165, 1.54) is 0 Å². The number of rotatable bonds is 4. The quantitative estimate of drug-likeness (QED) is 0.761. The minimum absolute atomic E-state index is 0.374. The van der Waals surface area contributed by atoms with Crippen molar-refractivity contribution in [3.63, 3.8) is 0 Å². The number of nitrogen functional groups attached to an aromatic ring is 1. The number of hydrogen-bond acceptors (Lipinski definition) is 5. The Hall–Kier alpha value is -0.970. The van der Waals surface area contributed by atoms with Crippen LogP contribution in [-0.2, 0) is 0 Å². The third kappa shape index (κ3) is 3.50. The highest BCUT2D eigenvalue weighted by Crippen LogP contribution is 2.05. The van der Waals surface area contributed by atoms with E-state index in [4.69, 9.17) is 5.73 Å². The molecule has 0 saturated carbocycles. The van der Waals surface area contributed by atoms with E-state index in [1.807, 2.05) is 0 Å². The summed E-state index contributed by atoms with van der Waals surface area (Å²) in [6.45, 7) is 2.09. The van der Waals surface area contributed by atoms with Gasteiger partial charge in [-0.1, -0.05) is 0 Å². The summed E-state index contributed by atoms with van der Waals surface area (Å²) < 4.78 is 0. The second kappa shape index (κ2) is 4.91. The molecule has 0 spiro atoms. The van der Waals surface area contributed by atoms with Crippen LogP contribution in [0.2, 0.25) is 0 Å². The molecule has 72 valence electrons. The molecule has 0 aliphatic rings. The fraction of sp³-hybridized carbons (Fsp3) is 0.500. The summed E-state index contributed by atoms with van der Waals surface area (Å²) in [4.78, 5) is 8.09. The van der Waals surface area contributed by atoms with Gasteiger partial charge in [0.25, 0.3) is 0 Å². The molecule has 1 unspecified atom stereocenters. The van der Waals surface area contributed by atoms with Gasteiger partial charge in [-0.15, -0.1) is 0 Å². The largest absolute Gasteiger partial charge is 0.396 e. The molecular formula is C8H14N4S. The highest BCUT2D eigenvalue weighted by molar-refractivity contribution is 7.98. The van der Waals surface area contributed by atoms with E-state index < -0.39 is 0 Å². The molecule has 0 aromatic carbocycles. The molecule has 0 bridgehead atoms. The summed E-state index contributed by atoms with van der Waals surface area (Å²) >= 11 is 1.79. The van der Waals surface area contributed by atoms with Gasteiger partial charge in [0.05, 0.1) is 18.1 Å². The van der Waals surface area contributed by atoms with Crippen LogP contribution in [0.1, 0.15) is 6.92 Å². The van der Waals surface area contributed by atoms with Crippen molar-refractivity contribution in [2.45, 2.75) is 13.0 Å². The Morgan fingerprint density at radius 3 is 2.69 bits per heavy atom. The number of thioether (sulfide) groups is 1. The second-order valence-electron chi connectivity index (χ2n) is 2.84. The number of nitrogens with one attached hydrogen (secondary N) is 1. The maximum atomic E-state index is 5.46. The number of hydrogen-bond donors (Lipinski definition) is 2. The maximum Gasteiger partial charge on any atom is 0.222 e. The van der Waals surface area contributed by atoms with Crippen LogP contribution in [0.3, 0.4) is 0 Å². The molecule has 1 rings (SSSR count). The molecule has 0 saturated heterocycles. The third-order valence-electron chi connectivity index (χ3n) is 1.46. The highest BCUT2D eigenvalue weighted by Gasteiger charge is 2.01. The summed E-state index contributed by atoms with van der Waals surface area (Å²) in [5, 5.41) is 3.17. The Labute approximate surface area is 82.3 Å². The van der Waals surface area contributed by atoms with E-state index in [0.29, 0.717) is 17.7 Å². The Morgan fingerprint density at radius 1 is 1.54 bits per heavy atom. The molecule has 3 N–H and O–H groups in total. The molecule has 1 aromatic heterocycles. The molecule has 1 atom stereocenters. The van der Waals surface area contributed by atoms with Crippen LogP contribution >= 0.6 is 11.8 Å². The number of nitrogens with zero attached hydrogens (tertiary/aromatic N) is 2. The van der Waals surface area contributed by atoms with Crippen molar-refractivity contribution in [3.8, 4) is 0 Å². The predicted octanol–water partition coefficient (Wildman–Crippen LogP) is 1.22. The van der Waals surface area contributed by atoms with Gasteiger partial charge in [0.1, 0.15) is 0 Å². The molecule has 0 amide bonds. The molecule has 5 heteroatoms. The molecule has 13 heavy (non-hydrogen) atoms. The lowest BCUT2D eigenvalue weighted by Crippen LogP contribution is -2.19. The lowest BCUT2D eigenvalue weighted by atomic mass is 10.4. The van der Waals surface area contributed by atoms with Gasteiger partial charge in [-0.3, -0.25) is 0 Å². The summed E-state index contributed by atoms with van der Waals surface area (Å²) in [5.74, 6) is 1.67. The van der Waals surface area contributed by atoms with Crippen molar-refractivity contribution in [2.75, 3.05) is 23.1 Å². The standard InChI is InChI=1S/C8H14N4S/c1-6(5-13-2)12-8-10-3-7(9)4-11-8/h3-4,6H,5,9H2,1-2H3,(H,10,11,12). The van der Waals surface area contributed by atoms with Crippen LogP contribution in [0.5, 0.6) is 0 Å². The number of aromatic nitrogens is 2. The topological polar surface area (TPSA) is 63.8 Å². The molecule has 1 aromatic rings. The Balaban J connectivity index is 2.49. The van der Waals surface area contributed by atoms with Crippen molar-refractivity contribution in [1.29, 1.82) is 0 Å². The van der Waals surface area contributed by atoms with Crippen molar-refractivity contribution in [3.05, 3.63) is 12.4 Å². The zero-order valence-electron chi connectivity index (χ0n) is 7.82. The van der Waals surface area contributed by atoms with Gasteiger partial charge in [-0.2, -0.15) is 11.8 Å². The second-order valence-corrected chi connectivity index (χ2v) is 3.75. The summed E-state index contributed by atoms with van der Waals surface area (Å²) in [5.41, 5.74) is 6.05. The smallest absolute Gasteiger partial charge is 0.222 e. The zero-order valence-corrected chi connectivity index (χ0v) is 8.64. The number of anilines is 2. The lowest BCUT2D eigenvalue weighted by molar-refractivity contribution is 0.887. The first-order chi connectivity index (χ1) is 6.22. The van der Waals surface area contributed by atoms with Gasteiger partial charge in [0, 0.05) is 11.8 Å². The van der Waals surface area contributed by atoms with Crippen LogP contribution in [0, 0.1) is 0 Å². The van der Waals surface area contributed by atoms with Crippen molar-refractivity contribution < 1.29 is 0 Å². The zero-order chi connectivity index (χ0) is 9.68. The van der Waals surface area contributed by atoms with Gasteiger partial charge in [-0.05, 0) is 13.2 Å². The Kier molecular flexibility index (Phi) is 3.82. The first-order valence-corrected chi connectivity index (χ1v) is 5.44. The van der Waals surface area contributed by atoms with E-state index in [-0.39, 0.29) is 0 Å². The van der Waals surface area contributed by atoms with Crippen LogP contribution in [0.4, 0.5) is 11.6 Å². The van der Waals surface area contributed by atoms with Gasteiger partial charge in [0.15, 0.2) is 0 Å². The van der Waals surface area contributed by atoms with Crippen molar-refractivity contribution in [1.82, 2.24) is 9.97 Å². The van der Waals surface area contributed by atoms with Crippen LogP contribution < -0.4 is 11.1 Å². The van der Waals surface area contributed by atoms with Crippen LogP contribution in [0.25, 0.3) is 0 Å². The highest BCUT2D eigenvalue weighted by atomic mass is 32.2. The van der Waals surface area contributed by atoms with Gasteiger partial charge < -0.3 is 11.1 Å². The lowest BCUT2D eigenvalue weighted by Gasteiger charge is -2.11. The molecule has 1 heterocycles. The van der Waals surface area contributed by atoms with E-state index in [1.54, 1.807) is 24.2 Å². The Bertz CT molecular complexity index is 249. The van der Waals surface area contributed by atoms with Crippen LogP contribution in [-0.4, -0.2) is 28.0 Å². The van der Waals surface area contributed by atoms with Crippen LogP contribution in [0.15, 0.2) is 12.4 Å². The molecule has 0 fully saturated rings. The van der Waals surface area contributed by atoms with E-state index in [0.717, 1.165) is 5.75 Å². The minimum atomic E-state index is 0.374. The molecule has 0 aliphatic carbocycles. The molecule has 0 radical (unpaired) electrons. The Morgan fingerprint density at radius 2 is 2.15 bits per heavy atom. The summed E-state index contributed by atoms with van der Waals surface area (Å²) in [7, 11) is 0. The predicted molar refractivity (Wildman–Crippen MR) is 57.9 cm³/mol. The normalized spacial score (nSPS) is 12.5. The maximum absolute atomic E-state index is 5.46. The van der Waals surface area contributed by atoms with Gasteiger partial charge in [0.2, 0.25) is 5.95 Å². The summed E-state index contributed by atoms with van der Waals surface area (Å²) in [6, 6.07) is 0.374. The average molecular weight is 198 g/mol. The minimum Gasteiger partial charge on any atom is -0.396 e. The summed E-state index contributed by atoms with van der Waals surface area (Å²) in [6.07, 6.45) is 5.27. The fourth-order valence-corrected chi connectivity index (χ4v) is 1.51. The van der Waals surface area contributed by atoms with Crippen molar-refractivity contribution in [2.24, 2.45) is 0 Å². The van der Waals surface area contributed by atoms with Crippen molar-refractivity contribution >= 4 is 23.4 Å². The SMILES string of the molecule is CSCC(C)Nc1ncc(N)cn1. The van der Waals surface area contributed by atoms with Gasteiger partial charge >= 0.3 is 0 Å². The third-order valence-corrected chi connectivity index (χ3v) is 2.30. The molecular weight excluding hydrogens is 184 g/mol. The first-order valence-electron chi connectivity index (χ1n) is 4.05. The number of nitrogens with two attached hydrogens (primary N) is 1. The first kappa shape index (κ1) is 10.1. The fourth-order valence-electron chi connectivity index (χ4n) is 0.925. The molecule has 4 nitrogen and oxygen atoms in total. The van der Waals surface area contributed by atoms with Gasteiger partial charge in [-0.25, -0.2) is 9.97 Å². The van der Waals surface area contributed by atoms with E-state index in [2.05, 4.69) is 28.5 Å². The van der Waals surface area contributed by atoms with E-state index >= 15 is 0 Å². The van der Waals surface area contributed by atoms with E-state index in [9.17, 15) is 0 Å².